The van der Waals surface area contributed by atoms with E-state index in [1.165, 1.54) is 20.3 Å². The quantitative estimate of drug-likeness (QED) is 0.867. The minimum atomic E-state index is -0.684. The molecule has 0 aliphatic heterocycles. The lowest BCUT2D eigenvalue weighted by molar-refractivity contribution is 0.368. The number of rotatable bonds is 4. The number of nitrogens with zero attached hydrogens (tertiary/aromatic N) is 2. The Kier molecular flexibility index (Phi) is 3.97. The highest BCUT2D eigenvalue weighted by Gasteiger charge is 2.14. The summed E-state index contributed by atoms with van der Waals surface area (Å²) in [6.07, 6.45) is -0.0665. The van der Waals surface area contributed by atoms with Crippen molar-refractivity contribution in [1.82, 2.24) is 9.97 Å². The highest BCUT2D eigenvalue weighted by Crippen LogP contribution is 2.23. The summed E-state index contributed by atoms with van der Waals surface area (Å²) in [6, 6.07) is 3.47. The average molecular weight is 281 g/mol. The second-order valence-corrected chi connectivity index (χ2v) is 3.97. The van der Waals surface area contributed by atoms with Crippen LogP contribution in [0.25, 0.3) is 0 Å². The Morgan fingerprint density at radius 2 is 1.60 bits per heavy atom. The molecular formula is C13H13F2N3O2. The lowest BCUT2D eigenvalue weighted by Crippen LogP contribution is -2.06. The van der Waals surface area contributed by atoms with E-state index < -0.39 is 11.6 Å². The van der Waals surface area contributed by atoms with Crippen LogP contribution >= 0.6 is 0 Å². The van der Waals surface area contributed by atoms with Gasteiger partial charge in [0, 0.05) is 12.0 Å². The molecule has 106 valence electrons. The van der Waals surface area contributed by atoms with Gasteiger partial charge in [0.2, 0.25) is 11.8 Å². The van der Waals surface area contributed by atoms with Gasteiger partial charge in [-0.15, -0.1) is 0 Å². The normalized spacial score (nSPS) is 10.4. The predicted molar refractivity (Wildman–Crippen MR) is 68.7 cm³/mol. The van der Waals surface area contributed by atoms with Crippen LogP contribution in [0.5, 0.6) is 11.8 Å². The molecule has 2 rings (SSSR count). The monoisotopic (exact) mass is 281 g/mol. The molecule has 0 fully saturated rings. The Labute approximate surface area is 114 Å². The van der Waals surface area contributed by atoms with Crippen molar-refractivity contribution in [3.8, 4) is 11.8 Å². The van der Waals surface area contributed by atoms with Crippen LogP contribution in [-0.4, -0.2) is 24.2 Å². The summed E-state index contributed by atoms with van der Waals surface area (Å²) >= 11 is 0. The van der Waals surface area contributed by atoms with Gasteiger partial charge in [-0.1, -0.05) is 0 Å². The summed E-state index contributed by atoms with van der Waals surface area (Å²) in [4.78, 5) is 8.10. The number of nitrogens with two attached hydrogens (primary N) is 1. The Morgan fingerprint density at radius 3 is 2.15 bits per heavy atom. The molecule has 20 heavy (non-hydrogen) atoms. The molecule has 1 heterocycles. The minimum Gasteiger partial charge on any atom is -0.481 e. The molecule has 0 amide bonds. The van der Waals surface area contributed by atoms with Gasteiger partial charge in [0.15, 0.2) is 0 Å². The molecule has 2 N–H and O–H groups in total. The summed E-state index contributed by atoms with van der Waals surface area (Å²) in [6.45, 7) is 0. The standard InChI is InChI=1S/C13H13F2N3O2/c1-19-11-6-12(20-2)18-10(17-11)5-7-8(14)3-4-9(15)13(7)16/h3-4,6H,5,16H2,1-2H3. The van der Waals surface area contributed by atoms with Crippen LogP contribution in [0.4, 0.5) is 14.5 Å². The van der Waals surface area contributed by atoms with Crippen molar-refractivity contribution >= 4 is 5.69 Å². The smallest absolute Gasteiger partial charge is 0.220 e. The summed E-state index contributed by atoms with van der Waals surface area (Å²) in [5, 5.41) is 0. The number of hydrogen-bond donors (Lipinski definition) is 1. The minimum absolute atomic E-state index is 0.000283. The zero-order valence-corrected chi connectivity index (χ0v) is 11.0. The van der Waals surface area contributed by atoms with Gasteiger partial charge in [0.05, 0.1) is 26.0 Å². The lowest BCUT2D eigenvalue weighted by atomic mass is 10.1. The van der Waals surface area contributed by atoms with Crippen molar-refractivity contribution in [2.24, 2.45) is 0 Å². The predicted octanol–water partition coefficient (Wildman–Crippen LogP) is 1.94. The van der Waals surface area contributed by atoms with Crippen LogP contribution in [0, 0.1) is 11.6 Å². The van der Waals surface area contributed by atoms with Gasteiger partial charge in [0.25, 0.3) is 0 Å². The average Bonchev–Trinajstić information content (AvgIpc) is 2.47. The summed E-state index contributed by atoms with van der Waals surface area (Å²) in [5.41, 5.74) is 5.29. The van der Waals surface area contributed by atoms with E-state index in [1.54, 1.807) is 0 Å². The Bertz CT molecular complexity index is 613. The molecule has 5 nitrogen and oxygen atoms in total. The molecule has 1 aromatic carbocycles. The van der Waals surface area contributed by atoms with Gasteiger partial charge in [0.1, 0.15) is 17.5 Å². The Hall–Kier alpha value is -2.44. The molecule has 0 spiro atoms. The van der Waals surface area contributed by atoms with Crippen molar-refractivity contribution in [2.75, 3.05) is 20.0 Å². The third-order valence-corrected chi connectivity index (χ3v) is 2.73. The summed E-state index contributed by atoms with van der Waals surface area (Å²) < 4.78 is 37.1. The van der Waals surface area contributed by atoms with Crippen LogP contribution in [0.1, 0.15) is 11.4 Å². The fraction of sp³-hybridized carbons (Fsp3) is 0.231. The highest BCUT2D eigenvalue weighted by atomic mass is 19.1. The molecule has 0 radical (unpaired) electrons. The second-order valence-electron chi connectivity index (χ2n) is 3.97. The van der Waals surface area contributed by atoms with Crippen LogP contribution in [-0.2, 0) is 6.42 Å². The molecule has 0 saturated heterocycles. The lowest BCUT2D eigenvalue weighted by Gasteiger charge is -2.09. The highest BCUT2D eigenvalue weighted by molar-refractivity contribution is 5.50. The van der Waals surface area contributed by atoms with Gasteiger partial charge in [-0.25, -0.2) is 8.78 Å². The number of benzene rings is 1. The van der Waals surface area contributed by atoms with Crippen molar-refractivity contribution < 1.29 is 18.3 Å². The van der Waals surface area contributed by atoms with E-state index in [9.17, 15) is 8.78 Å². The van der Waals surface area contributed by atoms with E-state index in [4.69, 9.17) is 15.2 Å². The first-order valence-electron chi connectivity index (χ1n) is 5.73. The maximum Gasteiger partial charge on any atom is 0.220 e. The first-order chi connectivity index (χ1) is 9.55. The molecule has 0 saturated carbocycles. The van der Waals surface area contributed by atoms with Crippen molar-refractivity contribution in [1.29, 1.82) is 0 Å². The molecule has 0 bridgehead atoms. The van der Waals surface area contributed by atoms with Gasteiger partial charge < -0.3 is 15.2 Å². The molecular weight excluding hydrogens is 268 g/mol. The maximum absolute atomic E-state index is 13.7. The summed E-state index contributed by atoms with van der Waals surface area (Å²) in [7, 11) is 2.87. The number of anilines is 1. The number of methoxy groups -OCH3 is 2. The molecule has 7 heteroatoms. The zero-order valence-electron chi connectivity index (χ0n) is 11.0. The van der Waals surface area contributed by atoms with E-state index in [0.717, 1.165) is 12.1 Å². The van der Waals surface area contributed by atoms with Crippen LogP contribution in [0.15, 0.2) is 18.2 Å². The molecule has 0 aliphatic rings. The molecule has 2 aromatic rings. The molecule has 0 unspecified atom stereocenters. The summed E-state index contributed by atoms with van der Waals surface area (Å²) in [5.74, 6) is -0.549. The molecule has 0 atom stereocenters. The number of hydrogen-bond acceptors (Lipinski definition) is 5. The number of ether oxygens (including phenoxy) is 2. The molecule has 1 aromatic heterocycles. The first kappa shape index (κ1) is 14.0. The van der Waals surface area contributed by atoms with Crippen LogP contribution < -0.4 is 15.2 Å². The van der Waals surface area contributed by atoms with Gasteiger partial charge in [-0.05, 0) is 12.1 Å². The fourth-order valence-electron chi connectivity index (χ4n) is 1.69. The third kappa shape index (κ3) is 2.76. The number of aromatic nitrogens is 2. The van der Waals surface area contributed by atoms with Crippen molar-refractivity contribution in [3.05, 3.63) is 41.2 Å². The molecule has 0 aliphatic carbocycles. The third-order valence-electron chi connectivity index (χ3n) is 2.73. The zero-order chi connectivity index (χ0) is 14.7. The fourth-order valence-corrected chi connectivity index (χ4v) is 1.69. The SMILES string of the molecule is COc1cc(OC)nc(Cc2c(F)ccc(F)c2N)n1. The van der Waals surface area contributed by atoms with Gasteiger partial charge in [-0.2, -0.15) is 9.97 Å². The van der Waals surface area contributed by atoms with Gasteiger partial charge in [-0.3, -0.25) is 0 Å². The van der Waals surface area contributed by atoms with E-state index in [1.807, 2.05) is 0 Å². The van der Waals surface area contributed by atoms with E-state index >= 15 is 0 Å². The largest absolute Gasteiger partial charge is 0.481 e. The van der Waals surface area contributed by atoms with Crippen LogP contribution in [0.2, 0.25) is 0 Å². The van der Waals surface area contributed by atoms with Crippen molar-refractivity contribution in [2.45, 2.75) is 6.42 Å². The van der Waals surface area contributed by atoms with E-state index in [-0.39, 0.29) is 35.3 Å². The number of nitrogen functional groups attached to an aromatic ring is 1. The van der Waals surface area contributed by atoms with E-state index in [0.29, 0.717) is 0 Å². The topological polar surface area (TPSA) is 70.3 Å². The van der Waals surface area contributed by atoms with Gasteiger partial charge >= 0.3 is 0 Å². The van der Waals surface area contributed by atoms with Crippen LogP contribution in [0.3, 0.4) is 0 Å². The second kappa shape index (κ2) is 5.68. The maximum atomic E-state index is 13.7. The Morgan fingerprint density at radius 1 is 1.05 bits per heavy atom. The first-order valence-corrected chi connectivity index (χ1v) is 5.73. The van der Waals surface area contributed by atoms with E-state index in [2.05, 4.69) is 9.97 Å². The Balaban J connectivity index is 2.42. The number of halogens is 2. The van der Waals surface area contributed by atoms with Crippen molar-refractivity contribution in [3.63, 3.8) is 0 Å².